The molecule has 0 saturated heterocycles. The summed E-state index contributed by atoms with van der Waals surface area (Å²) in [4.78, 5) is 15.8. The molecule has 3 heteroatoms. The van der Waals surface area contributed by atoms with Gasteiger partial charge < -0.3 is 5.11 Å². The Bertz CT molecular complexity index is 469. The second-order valence-corrected chi connectivity index (χ2v) is 5.78. The average molecular weight is 231 g/mol. The Hall–Kier alpha value is -1.38. The van der Waals surface area contributed by atoms with E-state index in [1.165, 1.54) is 19.3 Å². The molecule has 2 saturated carbocycles. The lowest BCUT2D eigenvalue weighted by molar-refractivity contribution is -0.160. The van der Waals surface area contributed by atoms with Crippen molar-refractivity contribution in [3.05, 3.63) is 29.6 Å². The van der Waals surface area contributed by atoms with E-state index in [9.17, 15) is 9.90 Å². The van der Waals surface area contributed by atoms with Crippen LogP contribution in [0.3, 0.4) is 0 Å². The van der Waals surface area contributed by atoms with E-state index in [0.29, 0.717) is 5.41 Å². The molecule has 0 aromatic carbocycles. The van der Waals surface area contributed by atoms with E-state index in [0.717, 1.165) is 24.0 Å². The topological polar surface area (TPSA) is 50.2 Å². The predicted octanol–water partition coefficient (Wildman–Crippen LogP) is 2.68. The first-order chi connectivity index (χ1) is 8.08. The van der Waals surface area contributed by atoms with Crippen LogP contribution in [-0.4, -0.2) is 16.1 Å². The molecule has 0 unspecified atom stereocenters. The van der Waals surface area contributed by atoms with E-state index in [1.807, 2.05) is 13.0 Å². The third-order valence-electron chi connectivity index (χ3n) is 4.73. The fraction of sp³-hybridized carbons (Fsp3) is 0.571. The molecule has 0 atom stereocenters. The summed E-state index contributed by atoms with van der Waals surface area (Å²) in [7, 11) is 0. The molecule has 2 fully saturated rings. The normalized spacial score (nSPS) is 23.8. The highest BCUT2D eigenvalue weighted by molar-refractivity contribution is 5.83. The van der Waals surface area contributed by atoms with Crippen LogP contribution in [-0.2, 0) is 10.2 Å². The number of aromatic nitrogens is 1. The van der Waals surface area contributed by atoms with Crippen molar-refractivity contribution in [3.8, 4) is 0 Å². The van der Waals surface area contributed by atoms with Gasteiger partial charge in [0.05, 0.1) is 5.41 Å². The lowest BCUT2D eigenvalue weighted by Gasteiger charge is -2.59. The van der Waals surface area contributed by atoms with Gasteiger partial charge in [-0.2, -0.15) is 0 Å². The molecule has 3 nitrogen and oxygen atoms in total. The summed E-state index contributed by atoms with van der Waals surface area (Å²) in [5.41, 5.74) is 1.67. The molecular weight excluding hydrogens is 214 g/mol. The molecular formula is C14H17NO2. The molecule has 1 heterocycles. The van der Waals surface area contributed by atoms with Crippen molar-refractivity contribution < 1.29 is 9.90 Å². The molecule has 2 aliphatic carbocycles. The van der Waals surface area contributed by atoms with Crippen LogP contribution in [0.25, 0.3) is 0 Å². The van der Waals surface area contributed by atoms with Crippen LogP contribution >= 0.6 is 0 Å². The summed E-state index contributed by atoms with van der Waals surface area (Å²) in [6.45, 7) is 1.98. The highest BCUT2D eigenvalue weighted by Crippen LogP contribution is 2.65. The van der Waals surface area contributed by atoms with Crippen molar-refractivity contribution >= 4 is 5.97 Å². The summed E-state index contributed by atoms with van der Waals surface area (Å²) < 4.78 is 0. The fourth-order valence-corrected chi connectivity index (χ4v) is 3.68. The minimum absolute atomic E-state index is 0.348. The summed E-state index contributed by atoms with van der Waals surface area (Å²) in [6, 6.07) is 1.91. The van der Waals surface area contributed by atoms with Crippen LogP contribution in [0.15, 0.2) is 18.5 Å². The van der Waals surface area contributed by atoms with Gasteiger partial charge in [-0.15, -0.1) is 0 Å². The SMILES string of the molecule is Cc1ccncc1C1(C(=O)O)CC2(CCC2)C1. The molecule has 0 radical (unpaired) electrons. The number of aryl methyl sites for hydroxylation is 1. The number of carboxylic acid groups (broad SMARTS) is 1. The Balaban J connectivity index is 1.97. The van der Waals surface area contributed by atoms with Gasteiger partial charge in [0.2, 0.25) is 0 Å². The standard InChI is InChI=1S/C14H17NO2/c1-10-3-6-15-7-11(10)14(12(16)17)8-13(9-14)4-2-5-13/h3,6-7H,2,4-5,8-9H2,1H3,(H,16,17). The van der Waals surface area contributed by atoms with Gasteiger partial charge in [-0.1, -0.05) is 6.42 Å². The Kier molecular flexibility index (Phi) is 2.09. The zero-order valence-corrected chi connectivity index (χ0v) is 10.1. The molecule has 90 valence electrons. The fourth-order valence-electron chi connectivity index (χ4n) is 3.68. The van der Waals surface area contributed by atoms with Crippen molar-refractivity contribution in [2.45, 2.75) is 44.4 Å². The van der Waals surface area contributed by atoms with E-state index < -0.39 is 11.4 Å². The van der Waals surface area contributed by atoms with Crippen molar-refractivity contribution in [1.29, 1.82) is 0 Å². The Labute approximate surface area is 101 Å². The summed E-state index contributed by atoms with van der Waals surface area (Å²) in [6.07, 6.45) is 8.77. The minimum Gasteiger partial charge on any atom is -0.481 e. The second-order valence-electron chi connectivity index (χ2n) is 5.78. The van der Waals surface area contributed by atoms with Crippen molar-refractivity contribution in [2.75, 3.05) is 0 Å². The highest BCUT2D eigenvalue weighted by atomic mass is 16.4. The number of hydrogen-bond acceptors (Lipinski definition) is 2. The molecule has 3 rings (SSSR count). The number of hydrogen-bond donors (Lipinski definition) is 1. The van der Waals surface area contributed by atoms with Crippen LogP contribution in [0.4, 0.5) is 0 Å². The van der Waals surface area contributed by atoms with E-state index in [4.69, 9.17) is 0 Å². The van der Waals surface area contributed by atoms with Gasteiger partial charge in [-0.25, -0.2) is 0 Å². The van der Waals surface area contributed by atoms with Crippen LogP contribution in [0.5, 0.6) is 0 Å². The van der Waals surface area contributed by atoms with Gasteiger partial charge in [0.15, 0.2) is 0 Å². The molecule has 0 bridgehead atoms. The Morgan fingerprint density at radius 3 is 2.59 bits per heavy atom. The molecule has 1 aromatic heterocycles. The van der Waals surface area contributed by atoms with Crippen molar-refractivity contribution in [1.82, 2.24) is 4.98 Å². The number of carbonyl (C=O) groups is 1. The first-order valence-electron chi connectivity index (χ1n) is 6.23. The van der Waals surface area contributed by atoms with Crippen LogP contribution in [0.1, 0.15) is 43.2 Å². The zero-order valence-electron chi connectivity index (χ0n) is 10.1. The van der Waals surface area contributed by atoms with Crippen LogP contribution in [0, 0.1) is 12.3 Å². The number of nitrogens with zero attached hydrogens (tertiary/aromatic N) is 1. The lowest BCUT2D eigenvalue weighted by Crippen LogP contribution is -2.57. The van der Waals surface area contributed by atoms with E-state index in [1.54, 1.807) is 12.4 Å². The quantitative estimate of drug-likeness (QED) is 0.851. The molecule has 0 aliphatic heterocycles. The van der Waals surface area contributed by atoms with Gasteiger partial charge in [-0.05, 0) is 55.2 Å². The van der Waals surface area contributed by atoms with E-state index in [-0.39, 0.29) is 0 Å². The van der Waals surface area contributed by atoms with Crippen molar-refractivity contribution in [3.63, 3.8) is 0 Å². The maximum atomic E-state index is 11.7. The van der Waals surface area contributed by atoms with Gasteiger partial charge in [0.1, 0.15) is 0 Å². The molecule has 0 amide bonds. The Morgan fingerprint density at radius 1 is 1.41 bits per heavy atom. The van der Waals surface area contributed by atoms with Gasteiger partial charge >= 0.3 is 5.97 Å². The number of rotatable bonds is 2. The monoisotopic (exact) mass is 231 g/mol. The molecule has 1 spiro atoms. The first kappa shape index (κ1) is 10.8. The van der Waals surface area contributed by atoms with E-state index in [2.05, 4.69) is 4.98 Å². The summed E-state index contributed by atoms with van der Waals surface area (Å²) >= 11 is 0. The molecule has 17 heavy (non-hydrogen) atoms. The molecule has 2 aliphatic rings. The average Bonchev–Trinajstić information content (AvgIpc) is 2.16. The van der Waals surface area contributed by atoms with Crippen LogP contribution < -0.4 is 0 Å². The maximum absolute atomic E-state index is 11.7. The third kappa shape index (κ3) is 1.34. The Morgan fingerprint density at radius 2 is 2.12 bits per heavy atom. The number of pyridine rings is 1. The van der Waals surface area contributed by atoms with Gasteiger partial charge in [0, 0.05) is 12.4 Å². The lowest BCUT2D eigenvalue weighted by atomic mass is 9.43. The zero-order chi connectivity index (χ0) is 12.1. The van der Waals surface area contributed by atoms with Gasteiger partial charge in [-0.3, -0.25) is 9.78 Å². The summed E-state index contributed by atoms with van der Waals surface area (Å²) in [5, 5.41) is 9.59. The van der Waals surface area contributed by atoms with E-state index >= 15 is 0 Å². The minimum atomic E-state index is -0.675. The van der Waals surface area contributed by atoms with Crippen molar-refractivity contribution in [2.24, 2.45) is 5.41 Å². The molecule has 1 N–H and O–H groups in total. The number of carboxylic acids is 1. The maximum Gasteiger partial charge on any atom is 0.314 e. The third-order valence-corrected chi connectivity index (χ3v) is 4.73. The smallest absolute Gasteiger partial charge is 0.314 e. The van der Waals surface area contributed by atoms with Crippen LogP contribution in [0.2, 0.25) is 0 Å². The predicted molar refractivity (Wildman–Crippen MR) is 63.8 cm³/mol. The molecule has 1 aromatic rings. The van der Waals surface area contributed by atoms with Gasteiger partial charge in [0.25, 0.3) is 0 Å². The largest absolute Gasteiger partial charge is 0.481 e. The number of aliphatic carboxylic acids is 1. The highest BCUT2D eigenvalue weighted by Gasteiger charge is 2.62. The first-order valence-corrected chi connectivity index (χ1v) is 6.23. The second kappa shape index (κ2) is 3.31. The summed E-state index contributed by atoms with van der Waals surface area (Å²) in [5.74, 6) is -0.675.